The van der Waals surface area contributed by atoms with Crippen molar-refractivity contribution in [2.24, 2.45) is 0 Å². The Morgan fingerprint density at radius 3 is 2.81 bits per heavy atom. The zero-order valence-corrected chi connectivity index (χ0v) is 13.2. The van der Waals surface area contributed by atoms with E-state index in [-0.39, 0.29) is 0 Å². The molecule has 0 spiro atoms. The van der Waals surface area contributed by atoms with Crippen LogP contribution in [-0.4, -0.2) is 16.3 Å². The molecule has 0 bridgehead atoms. The summed E-state index contributed by atoms with van der Waals surface area (Å²) in [6.45, 7) is 0. The average Bonchev–Trinajstić information content (AvgIpc) is 2.89. The van der Waals surface area contributed by atoms with Gasteiger partial charge in [-0.15, -0.1) is 11.3 Å². The van der Waals surface area contributed by atoms with E-state index < -0.39 is 10.8 Å². The van der Waals surface area contributed by atoms with Crippen molar-refractivity contribution in [2.45, 2.75) is 11.5 Å². The van der Waals surface area contributed by atoms with Crippen LogP contribution in [0.25, 0.3) is 10.2 Å². The monoisotopic (exact) mass is 317 g/mol. The summed E-state index contributed by atoms with van der Waals surface area (Å²) in [5, 5.41) is 0.928. The Kier molecular flexibility index (Phi) is 4.31. The molecule has 1 unspecified atom stereocenters. The number of nitrogens with zero attached hydrogens (tertiary/aromatic N) is 1. The van der Waals surface area contributed by atoms with Crippen LogP contribution < -0.4 is 4.74 Å². The molecule has 1 heterocycles. The number of ether oxygens (including phenoxy) is 1. The normalized spacial score (nSPS) is 12.4. The van der Waals surface area contributed by atoms with Gasteiger partial charge in [0.15, 0.2) is 0 Å². The number of benzene rings is 2. The fourth-order valence-electron chi connectivity index (χ4n) is 2.12. The lowest BCUT2D eigenvalue weighted by Gasteiger charge is -2.03. The molecular formula is C16H15NO2S2. The lowest BCUT2D eigenvalue weighted by molar-refractivity contribution is 0.414. The third-order valence-electron chi connectivity index (χ3n) is 3.08. The summed E-state index contributed by atoms with van der Waals surface area (Å²) in [6, 6.07) is 15.7. The molecule has 0 saturated heterocycles. The summed E-state index contributed by atoms with van der Waals surface area (Å²) in [7, 11) is 0.670. The van der Waals surface area contributed by atoms with Crippen LogP contribution in [0.1, 0.15) is 10.6 Å². The molecule has 0 fully saturated rings. The van der Waals surface area contributed by atoms with Crippen molar-refractivity contribution in [1.82, 2.24) is 4.98 Å². The SMILES string of the molecule is COc1cccc(CS(=O)Cc2nc3ccccc3s2)c1. The molecule has 0 radical (unpaired) electrons. The second kappa shape index (κ2) is 6.37. The molecule has 5 heteroatoms. The molecular weight excluding hydrogens is 302 g/mol. The maximum atomic E-state index is 12.3. The van der Waals surface area contributed by atoms with Crippen LogP contribution in [0.3, 0.4) is 0 Å². The molecule has 0 saturated carbocycles. The minimum Gasteiger partial charge on any atom is -0.497 e. The molecule has 0 aliphatic heterocycles. The maximum Gasteiger partial charge on any atom is 0.119 e. The van der Waals surface area contributed by atoms with Gasteiger partial charge >= 0.3 is 0 Å². The van der Waals surface area contributed by atoms with Crippen LogP contribution >= 0.6 is 11.3 Å². The van der Waals surface area contributed by atoms with Gasteiger partial charge in [0.2, 0.25) is 0 Å². The first-order chi connectivity index (χ1) is 10.2. The summed E-state index contributed by atoms with van der Waals surface area (Å²) < 4.78 is 18.6. The molecule has 0 aliphatic carbocycles. The lowest BCUT2D eigenvalue weighted by atomic mass is 10.2. The number of rotatable bonds is 5. The summed E-state index contributed by atoms with van der Waals surface area (Å²) in [6.07, 6.45) is 0. The molecule has 0 aliphatic rings. The number of fused-ring (bicyclic) bond motifs is 1. The Morgan fingerprint density at radius 2 is 2.00 bits per heavy atom. The summed E-state index contributed by atoms with van der Waals surface area (Å²) >= 11 is 1.61. The molecule has 3 aromatic rings. The predicted molar refractivity (Wildman–Crippen MR) is 88.2 cm³/mol. The fourth-order valence-corrected chi connectivity index (χ4v) is 4.50. The van der Waals surface area contributed by atoms with E-state index in [1.54, 1.807) is 18.4 Å². The highest BCUT2D eigenvalue weighted by Crippen LogP contribution is 2.23. The second-order valence-corrected chi connectivity index (χ2v) is 7.23. The van der Waals surface area contributed by atoms with E-state index in [2.05, 4.69) is 4.98 Å². The van der Waals surface area contributed by atoms with Crippen molar-refractivity contribution in [2.75, 3.05) is 7.11 Å². The first-order valence-electron chi connectivity index (χ1n) is 6.57. The van der Waals surface area contributed by atoms with Gasteiger partial charge in [0, 0.05) is 16.6 Å². The minimum atomic E-state index is -0.967. The number of para-hydroxylation sites is 1. The van der Waals surface area contributed by atoms with Crippen LogP contribution in [0.4, 0.5) is 0 Å². The van der Waals surface area contributed by atoms with Crippen LogP contribution in [0, 0.1) is 0 Å². The number of methoxy groups -OCH3 is 1. The number of thiazole rings is 1. The third kappa shape index (κ3) is 3.49. The van der Waals surface area contributed by atoms with Gasteiger partial charge in [0.1, 0.15) is 10.8 Å². The Hall–Kier alpha value is -1.72. The van der Waals surface area contributed by atoms with Gasteiger partial charge in [-0.1, -0.05) is 24.3 Å². The Morgan fingerprint density at radius 1 is 1.14 bits per heavy atom. The van der Waals surface area contributed by atoms with E-state index in [0.717, 1.165) is 26.5 Å². The van der Waals surface area contributed by atoms with E-state index >= 15 is 0 Å². The predicted octanol–water partition coefficient (Wildman–Crippen LogP) is 3.75. The molecule has 108 valence electrons. The lowest BCUT2D eigenvalue weighted by Crippen LogP contribution is -1.99. The Labute approximate surface area is 130 Å². The largest absolute Gasteiger partial charge is 0.497 e. The number of aromatic nitrogens is 1. The van der Waals surface area contributed by atoms with Crippen LogP contribution in [0.2, 0.25) is 0 Å². The van der Waals surface area contributed by atoms with Gasteiger partial charge in [-0.05, 0) is 29.8 Å². The van der Waals surface area contributed by atoms with Crippen LogP contribution in [0.15, 0.2) is 48.5 Å². The average molecular weight is 317 g/mol. The highest BCUT2D eigenvalue weighted by molar-refractivity contribution is 7.83. The van der Waals surface area contributed by atoms with E-state index in [1.807, 2.05) is 48.5 Å². The standard InChI is InChI=1S/C16H15NO2S2/c1-19-13-6-4-5-12(9-13)10-21(18)11-16-17-14-7-2-3-8-15(14)20-16/h2-9H,10-11H2,1H3. The maximum absolute atomic E-state index is 12.3. The summed E-state index contributed by atoms with van der Waals surface area (Å²) in [5.41, 5.74) is 2.00. The Balaban J connectivity index is 1.70. The minimum absolute atomic E-state index is 0.497. The molecule has 2 aromatic carbocycles. The van der Waals surface area contributed by atoms with Crippen LogP contribution in [0.5, 0.6) is 5.75 Å². The van der Waals surface area contributed by atoms with Crippen molar-refractivity contribution in [3.05, 3.63) is 59.1 Å². The van der Waals surface area contributed by atoms with E-state index in [1.165, 1.54) is 0 Å². The van der Waals surface area contributed by atoms with Gasteiger partial charge in [0.05, 0.1) is 23.1 Å². The van der Waals surface area contributed by atoms with E-state index in [9.17, 15) is 4.21 Å². The van der Waals surface area contributed by atoms with Crippen LogP contribution in [-0.2, 0) is 22.3 Å². The molecule has 0 N–H and O–H groups in total. The molecule has 0 amide bonds. The molecule has 3 rings (SSSR count). The second-order valence-electron chi connectivity index (χ2n) is 4.66. The fraction of sp³-hybridized carbons (Fsp3) is 0.188. The smallest absolute Gasteiger partial charge is 0.119 e. The first-order valence-corrected chi connectivity index (χ1v) is 8.87. The van der Waals surface area contributed by atoms with Gasteiger partial charge in [-0.2, -0.15) is 0 Å². The number of hydrogen-bond acceptors (Lipinski definition) is 4. The van der Waals surface area contributed by atoms with Gasteiger partial charge in [0.25, 0.3) is 0 Å². The van der Waals surface area contributed by atoms with Gasteiger partial charge in [-0.3, -0.25) is 4.21 Å². The highest BCUT2D eigenvalue weighted by atomic mass is 32.2. The first kappa shape index (κ1) is 14.2. The van der Waals surface area contributed by atoms with E-state index in [4.69, 9.17) is 4.74 Å². The van der Waals surface area contributed by atoms with Gasteiger partial charge < -0.3 is 4.74 Å². The zero-order valence-electron chi connectivity index (χ0n) is 11.6. The summed E-state index contributed by atoms with van der Waals surface area (Å²) in [4.78, 5) is 4.53. The molecule has 21 heavy (non-hydrogen) atoms. The van der Waals surface area contributed by atoms with Crippen molar-refractivity contribution in [3.8, 4) is 5.75 Å². The third-order valence-corrected chi connectivity index (χ3v) is 5.55. The topological polar surface area (TPSA) is 39.2 Å². The highest BCUT2D eigenvalue weighted by Gasteiger charge is 2.09. The molecule has 1 atom stereocenters. The molecule has 3 nitrogen and oxygen atoms in total. The van der Waals surface area contributed by atoms with Crippen molar-refractivity contribution < 1.29 is 8.95 Å². The quantitative estimate of drug-likeness (QED) is 0.719. The molecule has 1 aromatic heterocycles. The zero-order chi connectivity index (χ0) is 14.7. The van der Waals surface area contributed by atoms with Crippen molar-refractivity contribution in [3.63, 3.8) is 0 Å². The van der Waals surface area contributed by atoms with Gasteiger partial charge in [-0.25, -0.2) is 4.98 Å². The summed E-state index contributed by atoms with van der Waals surface area (Å²) in [5.74, 6) is 1.81. The van der Waals surface area contributed by atoms with Crippen molar-refractivity contribution in [1.29, 1.82) is 0 Å². The number of hydrogen-bond donors (Lipinski definition) is 0. The van der Waals surface area contributed by atoms with E-state index in [0.29, 0.717) is 11.5 Å². The van der Waals surface area contributed by atoms with Crippen molar-refractivity contribution >= 4 is 32.4 Å². The Bertz CT molecular complexity index is 750.